The van der Waals surface area contributed by atoms with Crippen molar-refractivity contribution in [2.75, 3.05) is 50.1 Å². The zero-order chi connectivity index (χ0) is 23.7. The zero-order valence-corrected chi connectivity index (χ0v) is 21.2. The molecule has 34 heavy (non-hydrogen) atoms. The number of allylic oxidation sites excluding steroid dienone is 4. The summed E-state index contributed by atoms with van der Waals surface area (Å²) in [4.78, 5) is 4.78. The van der Waals surface area contributed by atoms with E-state index in [2.05, 4.69) is 108 Å². The van der Waals surface area contributed by atoms with Crippen molar-refractivity contribution in [3.05, 3.63) is 71.8 Å². The molecule has 5 rings (SSSR count). The molecule has 1 aliphatic carbocycles. The van der Waals surface area contributed by atoms with Crippen molar-refractivity contribution in [2.24, 2.45) is 0 Å². The summed E-state index contributed by atoms with van der Waals surface area (Å²) < 4.78 is 4.84. The first kappa shape index (κ1) is 22.6. The van der Waals surface area contributed by atoms with Crippen LogP contribution >= 0.6 is 0 Å². The van der Waals surface area contributed by atoms with Gasteiger partial charge in [-0.15, -0.1) is 0 Å². The second kappa shape index (κ2) is 9.61. The minimum Gasteiger partial charge on any atom is -0.374 e. The molecule has 0 spiro atoms. The van der Waals surface area contributed by atoms with Crippen LogP contribution in [0, 0.1) is 0 Å². The number of hydrogen-bond donors (Lipinski definition) is 0. The Morgan fingerprint density at radius 3 is 1.62 bits per heavy atom. The molecule has 0 amide bonds. The Morgan fingerprint density at radius 2 is 1.15 bits per heavy atom. The van der Waals surface area contributed by atoms with Crippen LogP contribution in [0.25, 0.3) is 0 Å². The Morgan fingerprint density at radius 1 is 0.676 bits per heavy atom. The van der Waals surface area contributed by atoms with Gasteiger partial charge in [-0.2, -0.15) is 4.58 Å². The highest BCUT2D eigenvalue weighted by atomic mass is 15.1. The van der Waals surface area contributed by atoms with Gasteiger partial charge in [0.2, 0.25) is 17.1 Å². The molecule has 0 saturated heterocycles. The molecule has 0 fully saturated rings. The monoisotopic (exact) mass is 454 g/mol. The van der Waals surface area contributed by atoms with Crippen LogP contribution in [-0.2, 0) is 12.8 Å². The summed E-state index contributed by atoms with van der Waals surface area (Å²) in [5.41, 5.74) is 10.6. The lowest BCUT2D eigenvalue weighted by atomic mass is 9.99. The first-order chi connectivity index (χ1) is 16.6. The quantitative estimate of drug-likeness (QED) is 0.456. The van der Waals surface area contributed by atoms with Crippen LogP contribution in [0.4, 0.5) is 22.7 Å². The standard InChI is InChI=1S/C30H38N4/c1-5-33(6-2)25-11-13-26(14-12-25)34(27-15-17-29-23(21-27)9-7-19-31(29)3)28-16-18-30-24(22-28)10-8-20-32(30)4/h11-18,21-22H,5-10,19-20H2,1-4H3/q+2. The molecule has 4 nitrogen and oxygen atoms in total. The predicted octanol–water partition coefficient (Wildman–Crippen LogP) is 5.35. The first-order valence-corrected chi connectivity index (χ1v) is 12.9. The summed E-state index contributed by atoms with van der Waals surface area (Å²) in [7, 11) is 4.42. The smallest absolute Gasteiger partial charge is 0.212 e. The number of fused-ring (bicyclic) bond motifs is 2. The van der Waals surface area contributed by atoms with Crippen molar-refractivity contribution in [3.63, 3.8) is 0 Å². The van der Waals surface area contributed by atoms with Crippen molar-refractivity contribution < 1.29 is 4.58 Å². The minimum atomic E-state index is 1.02. The van der Waals surface area contributed by atoms with E-state index in [1.54, 1.807) is 0 Å². The topological polar surface area (TPSA) is 12.5 Å². The summed E-state index contributed by atoms with van der Waals surface area (Å²) in [5, 5.41) is 0. The molecule has 2 aliphatic heterocycles. The van der Waals surface area contributed by atoms with Gasteiger partial charge >= 0.3 is 0 Å². The highest BCUT2D eigenvalue weighted by Crippen LogP contribution is 2.34. The van der Waals surface area contributed by atoms with Gasteiger partial charge in [0, 0.05) is 87.1 Å². The van der Waals surface area contributed by atoms with Gasteiger partial charge in [0.15, 0.2) is 5.71 Å². The van der Waals surface area contributed by atoms with Gasteiger partial charge in [0.1, 0.15) is 13.1 Å². The van der Waals surface area contributed by atoms with Gasteiger partial charge in [-0.05, 0) is 62.8 Å². The fourth-order valence-corrected chi connectivity index (χ4v) is 5.67. The molecule has 2 aromatic rings. The Kier molecular flexibility index (Phi) is 6.40. The van der Waals surface area contributed by atoms with Crippen LogP contribution in [0.15, 0.2) is 60.7 Å². The van der Waals surface area contributed by atoms with E-state index in [0.29, 0.717) is 0 Å². The molecule has 0 unspecified atom stereocenters. The second-order valence-electron chi connectivity index (χ2n) is 9.70. The molecule has 0 saturated carbocycles. The van der Waals surface area contributed by atoms with E-state index in [1.165, 1.54) is 58.1 Å². The fourth-order valence-electron chi connectivity index (χ4n) is 5.67. The number of aryl methyl sites for hydroxylation is 2. The van der Waals surface area contributed by atoms with Crippen molar-refractivity contribution >= 4 is 34.2 Å². The normalized spacial score (nSPS) is 17.1. The van der Waals surface area contributed by atoms with Crippen LogP contribution in [0.2, 0.25) is 0 Å². The minimum absolute atomic E-state index is 1.02. The summed E-state index contributed by atoms with van der Waals surface area (Å²) >= 11 is 0. The summed E-state index contributed by atoms with van der Waals surface area (Å²) in [6.07, 6.45) is 13.8. The highest BCUT2D eigenvalue weighted by molar-refractivity contribution is 6.18. The molecule has 0 N–H and O–H groups in total. The molecular weight excluding hydrogens is 416 g/mol. The van der Waals surface area contributed by atoms with Gasteiger partial charge in [0.25, 0.3) is 0 Å². The van der Waals surface area contributed by atoms with Crippen LogP contribution < -0.4 is 14.4 Å². The average Bonchev–Trinajstić information content (AvgIpc) is 2.86. The molecule has 3 aliphatic rings. The highest BCUT2D eigenvalue weighted by Gasteiger charge is 2.25. The van der Waals surface area contributed by atoms with Crippen molar-refractivity contribution in [1.82, 2.24) is 4.58 Å². The summed E-state index contributed by atoms with van der Waals surface area (Å²) in [5.74, 6) is 0. The Labute approximate surface area is 204 Å². The van der Waals surface area contributed by atoms with Crippen molar-refractivity contribution in [3.8, 4) is 0 Å². The molecule has 0 bridgehead atoms. The Bertz CT molecular complexity index is 1120. The Balaban J connectivity index is 1.65. The van der Waals surface area contributed by atoms with E-state index in [0.717, 1.165) is 39.0 Å². The molecule has 2 aromatic carbocycles. The molecule has 0 radical (unpaired) electrons. The zero-order valence-electron chi connectivity index (χ0n) is 21.2. The average molecular weight is 455 g/mol. The van der Waals surface area contributed by atoms with E-state index < -0.39 is 0 Å². The van der Waals surface area contributed by atoms with Crippen LogP contribution in [0.5, 0.6) is 0 Å². The van der Waals surface area contributed by atoms with Crippen molar-refractivity contribution in [2.45, 2.75) is 39.5 Å². The fraction of sp³-hybridized carbons (Fsp3) is 0.400. The van der Waals surface area contributed by atoms with E-state index in [9.17, 15) is 0 Å². The summed E-state index contributed by atoms with van der Waals surface area (Å²) in [6.45, 7) is 8.77. The first-order valence-electron chi connectivity index (χ1n) is 12.9. The van der Waals surface area contributed by atoms with Crippen LogP contribution in [0.3, 0.4) is 0 Å². The van der Waals surface area contributed by atoms with E-state index in [-0.39, 0.29) is 0 Å². The van der Waals surface area contributed by atoms with Crippen molar-refractivity contribution in [1.29, 1.82) is 0 Å². The molecular formula is C30H38N4+2. The number of anilines is 2. The molecule has 176 valence electrons. The third-order valence-corrected chi connectivity index (χ3v) is 7.58. The molecule has 4 heteroatoms. The Hall–Kier alpha value is -3.14. The lowest BCUT2D eigenvalue weighted by Gasteiger charge is -2.28. The maximum atomic E-state index is 2.44. The van der Waals surface area contributed by atoms with E-state index in [4.69, 9.17) is 0 Å². The molecule has 0 aromatic heterocycles. The summed E-state index contributed by atoms with van der Waals surface area (Å²) in [6, 6.07) is 14.0. The van der Waals surface area contributed by atoms with Gasteiger partial charge in [-0.25, -0.2) is 4.58 Å². The third-order valence-electron chi connectivity index (χ3n) is 7.58. The van der Waals surface area contributed by atoms with Gasteiger partial charge in [-0.1, -0.05) is 0 Å². The maximum absolute atomic E-state index is 2.44. The van der Waals surface area contributed by atoms with Gasteiger partial charge in [0.05, 0.1) is 0 Å². The lowest BCUT2D eigenvalue weighted by Crippen LogP contribution is -2.26. The predicted molar refractivity (Wildman–Crippen MR) is 147 cm³/mol. The van der Waals surface area contributed by atoms with E-state index in [1.807, 2.05) is 0 Å². The number of rotatable bonds is 4. The van der Waals surface area contributed by atoms with Crippen LogP contribution in [-0.4, -0.2) is 56.3 Å². The second-order valence-corrected chi connectivity index (χ2v) is 9.70. The number of nitrogens with zero attached hydrogens (tertiary/aromatic N) is 4. The number of hydrogen-bond acceptors (Lipinski definition) is 2. The molecule has 0 atom stereocenters. The third kappa shape index (κ3) is 4.22. The number of benzene rings is 2. The maximum Gasteiger partial charge on any atom is 0.212 e. The van der Waals surface area contributed by atoms with E-state index >= 15 is 0 Å². The van der Waals surface area contributed by atoms with Gasteiger partial charge < -0.3 is 9.80 Å². The van der Waals surface area contributed by atoms with Crippen LogP contribution in [0.1, 0.15) is 37.8 Å². The largest absolute Gasteiger partial charge is 0.374 e. The van der Waals surface area contributed by atoms with Gasteiger partial charge in [-0.3, -0.25) is 0 Å². The SMILES string of the molecule is CC[N+](CC)=C1C=CC(=[N+](c2ccc3c(c2)CCCN3C)c2ccc3c(c2)CCCN3C)C=C1. The lowest BCUT2D eigenvalue weighted by molar-refractivity contribution is -0.519. The molecule has 2 heterocycles.